The predicted octanol–water partition coefficient (Wildman–Crippen LogP) is -2.02. The fourth-order valence-electron chi connectivity index (χ4n) is 3.88. The first kappa shape index (κ1) is 33.2. The summed E-state index contributed by atoms with van der Waals surface area (Å²) in [7, 11) is 0. The molecule has 1 aromatic heterocycles. The van der Waals surface area contributed by atoms with Crippen LogP contribution >= 0.6 is 0 Å². The number of amides is 3. The molecule has 1 heterocycles. The summed E-state index contributed by atoms with van der Waals surface area (Å²) in [6, 6.07) is 3.91. The minimum Gasteiger partial charge on any atom is -0.481 e. The van der Waals surface area contributed by atoms with Crippen molar-refractivity contribution in [3.63, 3.8) is 0 Å². The van der Waals surface area contributed by atoms with Gasteiger partial charge < -0.3 is 48.3 Å². The number of carboxylic acid groups (broad SMARTS) is 2. The molecule has 4 unspecified atom stereocenters. The van der Waals surface area contributed by atoms with Crippen molar-refractivity contribution in [1.29, 1.82) is 0 Å². The quantitative estimate of drug-likeness (QED) is 0.0521. The van der Waals surface area contributed by atoms with Crippen molar-refractivity contribution in [3.8, 4) is 0 Å². The predicted molar refractivity (Wildman–Crippen MR) is 151 cm³/mol. The molecule has 0 aliphatic heterocycles. The van der Waals surface area contributed by atoms with Gasteiger partial charge in [-0.25, -0.2) is 9.78 Å². The number of aromatic amines is 1. The van der Waals surface area contributed by atoms with Crippen LogP contribution in [0.25, 0.3) is 0 Å². The van der Waals surface area contributed by atoms with Gasteiger partial charge in [0.2, 0.25) is 17.7 Å². The molecule has 2 rings (SSSR count). The van der Waals surface area contributed by atoms with Crippen LogP contribution < -0.4 is 33.2 Å². The number of H-pyrrole nitrogens is 1. The minimum absolute atomic E-state index is 0.0634. The molecular formula is C26H37N9O7. The third-order valence-electron chi connectivity index (χ3n) is 6.09. The topological polar surface area (TPSA) is 281 Å². The molecule has 2 aromatic rings. The van der Waals surface area contributed by atoms with Crippen LogP contribution in [0.1, 0.15) is 36.9 Å². The van der Waals surface area contributed by atoms with Crippen molar-refractivity contribution in [2.75, 3.05) is 6.54 Å². The van der Waals surface area contributed by atoms with Crippen molar-refractivity contribution in [2.45, 2.75) is 62.7 Å². The smallest absolute Gasteiger partial charge is 0.326 e. The summed E-state index contributed by atoms with van der Waals surface area (Å²) in [6.07, 6.45) is 2.55. The second-order valence-corrected chi connectivity index (χ2v) is 9.48. The van der Waals surface area contributed by atoms with Crippen molar-refractivity contribution in [3.05, 3.63) is 54.1 Å². The van der Waals surface area contributed by atoms with Gasteiger partial charge >= 0.3 is 11.9 Å². The fourth-order valence-corrected chi connectivity index (χ4v) is 3.88. The van der Waals surface area contributed by atoms with E-state index in [1.54, 1.807) is 30.3 Å². The van der Waals surface area contributed by atoms with E-state index in [2.05, 4.69) is 30.9 Å². The van der Waals surface area contributed by atoms with Gasteiger partial charge in [-0.2, -0.15) is 0 Å². The Bertz CT molecular complexity index is 1220. The molecule has 0 saturated heterocycles. The summed E-state index contributed by atoms with van der Waals surface area (Å²) in [4.78, 5) is 72.7. The van der Waals surface area contributed by atoms with E-state index in [0.717, 1.165) is 0 Å². The lowest BCUT2D eigenvalue weighted by Gasteiger charge is -2.25. The largest absolute Gasteiger partial charge is 0.481 e. The second kappa shape index (κ2) is 17.0. The van der Waals surface area contributed by atoms with Gasteiger partial charge in [-0.3, -0.25) is 24.2 Å². The summed E-state index contributed by atoms with van der Waals surface area (Å²) in [6.45, 7) is 0.269. The van der Waals surface area contributed by atoms with Crippen LogP contribution in [-0.4, -0.2) is 86.5 Å². The Morgan fingerprint density at radius 1 is 0.881 bits per heavy atom. The van der Waals surface area contributed by atoms with Gasteiger partial charge in [0, 0.05) is 37.7 Å². The molecule has 0 spiro atoms. The molecule has 1 aromatic carbocycles. The van der Waals surface area contributed by atoms with Crippen molar-refractivity contribution >= 4 is 35.6 Å². The number of hydrogen-bond acceptors (Lipinski definition) is 8. The molecule has 0 saturated carbocycles. The Morgan fingerprint density at radius 2 is 1.50 bits per heavy atom. The van der Waals surface area contributed by atoms with Crippen LogP contribution in [0.4, 0.5) is 0 Å². The Labute approximate surface area is 241 Å². The first-order valence-electron chi connectivity index (χ1n) is 13.1. The minimum atomic E-state index is -1.51. The highest BCUT2D eigenvalue weighted by molar-refractivity contribution is 5.94. The second-order valence-electron chi connectivity index (χ2n) is 9.48. The molecule has 0 bridgehead atoms. The van der Waals surface area contributed by atoms with Crippen LogP contribution in [0, 0.1) is 0 Å². The summed E-state index contributed by atoms with van der Waals surface area (Å²) >= 11 is 0. The Kier molecular flexibility index (Phi) is 13.4. The van der Waals surface area contributed by atoms with Gasteiger partial charge in [0.25, 0.3) is 0 Å². The van der Waals surface area contributed by atoms with E-state index >= 15 is 0 Å². The molecule has 12 N–H and O–H groups in total. The van der Waals surface area contributed by atoms with E-state index in [9.17, 15) is 29.1 Å². The summed E-state index contributed by atoms with van der Waals surface area (Å²) in [5.74, 6) is -4.94. The standard InChI is InChI=1S/C26H37N9O7/c27-17(7-4-10-31-26(28)29)22(38)34-19(11-15-5-2-1-3-6-15)23(39)35-20(12-16-13-30-14-32-16)24(40)33-18(25(41)42)8-9-21(36)37/h1-3,5-6,13-14,17-20H,4,7-12,27H2,(H,30,32)(H,33,40)(H,34,38)(H,35,39)(H,36,37)(H,41,42)(H4,28,29,31). The lowest BCUT2D eigenvalue weighted by Crippen LogP contribution is -2.58. The highest BCUT2D eigenvalue weighted by Gasteiger charge is 2.31. The third-order valence-corrected chi connectivity index (χ3v) is 6.09. The van der Waals surface area contributed by atoms with Crippen LogP contribution in [0.5, 0.6) is 0 Å². The number of carbonyl (C=O) groups excluding carboxylic acids is 3. The highest BCUT2D eigenvalue weighted by atomic mass is 16.4. The Balaban J connectivity index is 2.22. The first-order valence-corrected chi connectivity index (χ1v) is 13.1. The molecule has 3 amide bonds. The number of carboxylic acids is 2. The van der Waals surface area contributed by atoms with Crippen LogP contribution in [0.3, 0.4) is 0 Å². The zero-order chi connectivity index (χ0) is 31.1. The van der Waals surface area contributed by atoms with Gasteiger partial charge in [-0.1, -0.05) is 30.3 Å². The molecule has 4 atom stereocenters. The van der Waals surface area contributed by atoms with E-state index in [1.165, 1.54) is 12.5 Å². The summed E-state index contributed by atoms with van der Waals surface area (Å²) < 4.78 is 0. The molecule has 16 nitrogen and oxygen atoms in total. The average Bonchev–Trinajstić information content (AvgIpc) is 3.45. The van der Waals surface area contributed by atoms with Crippen molar-refractivity contribution in [1.82, 2.24) is 25.9 Å². The molecule has 16 heteroatoms. The number of rotatable bonds is 18. The molecule has 0 fully saturated rings. The SMILES string of the molecule is NC(N)=NCCCC(N)C(=O)NC(Cc1ccccc1)C(=O)NC(Cc1cnc[nH]1)C(=O)NC(CCC(=O)O)C(=O)O. The molecule has 228 valence electrons. The zero-order valence-corrected chi connectivity index (χ0v) is 22.9. The number of benzene rings is 1. The van der Waals surface area contributed by atoms with E-state index < -0.39 is 60.2 Å². The van der Waals surface area contributed by atoms with Gasteiger partial charge in [0.15, 0.2) is 5.96 Å². The zero-order valence-electron chi connectivity index (χ0n) is 22.9. The average molecular weight is 588 g/mol. The van der Waals surface area contributed by atoms with Gasteiger partial charge in [-0.05, 0) is 24.8 Å². The highest BCUT2D eigenvalue weighted by Crippen LogP contribution is 2.08. The summed E-state index contributed by atoms with van der Waals surface area (Å²) in [5, 5.41) is 25.9. The van der Waals surface area contributed by atoms with E-state index in [-0.39, 0.29) is 38.2 Å². The van der Waals surface area contributed by atoms with Crippen molar-refractivity contribution < 1.29 is 34.2 Å². The first-order chi connectivity index (χ1) is 20.0. The number of nitrogens with one attached hydrogen (secondary N) is 4. The number of guanidine groups is 1. The number of nitrogens with two attached hydrogens (primary N) is 3. The number of aliphatic carboxylic acids is 2. The maximum Gasteiger partial charge on any atom is 0.326 e. The fraction of sp³-hybridized carbons (Fsp3) is 0.423. The maximum absolute atomic E-state index is 13.5. The Morgan fingerprint density at radius 3 is 2.07 bits per heavy atom. The van der Waals surface area contributed by atoms with Crippen LogP contribution in [0.15, 0.2) is 47.8 Å². The maximum atomic E-state index is 13.5. The lowest BCUT2D eigenvalue weighted by atomic mass is 10.0. The molecular weight excluding hydrogens is 550 g/mol. The number of carbonyl (C=O) groups is 5. The normalized spacial score (nSPS) is 13.5. The number of aromatic nitrogens is 2. The molecule has 0 radical (unpaired) electrons. The van der Waals surface area contributed by atoms with E-state index in [1.807, 2.05) is 0 Å². The van der Waals surface area contributed by atoms with Gasteiger partial charge in [0.05, 0.1) is 12.4 Å². The third kappa shape index (κ3) is 12.0. The van der Waals surface area contributed by atoms with Gasteiger partial charge in [0.1, 0.15) is 18.1 Å². The van der Waals surface area contributed by atoms with E-state index in [0.29, 0.717) is 17.7 Å². The number of imidazole rings is 1. The van der Waals surface area contributed by atoms with E-state index in [4.69, 9.17) is 22.3 Å². The molecule has 0 aliphatic rings. The number of hydrogen-bond donors (Lipinski definition) is 9. The van der Waals surface area contributed by atoms with Crippen molar-refractivity contribution in [2.24, 2.45) is 22.2 Å². The van der Waals surface area contributed by atoms with Crippen LogP contribution in [-0.2, 0) is 36.8 Å². The Hall–Kier alpha value is -4.99. The van der Waals surface area contributed by atoms with Crippen LogP contribution in [0.2, 0.25) is 0 Å². The molecule has 42 heavy (non-hydrogen) atoms. The lowest BCUT2D eigenvalue weighted by molar-refractivity contribution is -0.143. The summed E-state index contributed by atoms with van der Waals surface area (Å²) in [5.41, 5.74) is 17.8. The number of nitrogens with zero attached hydrogens (tertiary/aromatic N) is 2. The monoisotopic (exact) mass is 587 g/mol. The molecule has 0 aliphatic carbocycles. The van der Waals surface area contributed by atoms with Gasteiger partial charge in [-0.15, -0.1) is 0 Å². The number of aliphatic imine (C=N–C) groups is 1.